The number of ether oxygens (including phenoxy) is 1. The first-order valence-corrected chi connectivity index (χ1v) is 7.75. The summed E-state index contributed by atoms with van der Waals surface area (Å²) in [5.41, 5.74) is -1.78. The Kier molecular flexibility index (Phi) is 4.18. The maximum atomic E-state index is 11.8. The van der Waals surface area contributed by atoms with Gasteiger partial charge in [-0.3, -0.25) is 4.79 Å². The summed E-state index contributed by atoms with van der Waals surface area (Å²) in [4.78, 5) is 11.8. The van der Waals surface area contributed by atoms with Gasteiger partial charge in [0.2, 0.25) is 0 Å². The molecular formula is C16H28O4. The van der Waals surface area contributed by atoms with Crippen molar-refractivity contribution in [1.82, 2.24) is 0 Å². The number of aliphatic hydroxyl groups is 2. The molecule has 5 atom stereocenters. The van der Waals surface area contributed by atoms with Crippen LogP contribution in [0.1, 0.15) is 52.9 Å². The smallest absolute Gasteiger partial charge is 0.308 e. The van der Waals surface area contributed by atoms with E-state index in [2.05, 4.69) is 13.8 Å². The molecule has 0 bridgehead atoms. The Morgan fingerprint density at radius 2 is 1.90 bits per heavy atom. The van der Waals surface area contributed by atoms with Gasteiger partial charge in [-0.15, -0.1) is 0 Å². The van der Waals surface area contributed by atoms with E-state index < -0.39 is 11.2 Å². The Labute approximate surface area is 121 Å². The summed E-state index contributed by atoms with van der Waals surface area (Å²) < 4.78 is 4.85. The van der Waals surface area contributed by atoms with Gasteiger partial charge in [0.15, 0.2) is 0 Å². The van der Waals surface area contributed by atoms with Crippen molar-refractivity contribution in [3.8, 4) is 0 Å². The van der Waals surface area contributed by atoms with Gasteiger partial charge in [-0.25, -0.2) is 0 Å². The first-order chi connectivity index (χ1) is 9.22. The molecule has 0 amide bonds. The van der Waals surface area contributed by atoms with Gasteiger partial charge in [0.05, 0.1) is 24.2 Å². The molecule has 4 heteroatoms. The molecule has 0 aliphatic heterocycles. The fourth-order valence-electron chi connectivity index (χ4n) is 4.67. The molecule has 0 spiro atoms. The van der Waals surface area contributed by atoms with Gasteiger partial charge in [-0.2, -0.15) is 0 Å². The van der Waals surface area contributed by atoms with E-state index in [0.717, 1.165) is 12.8 Å². The summed E-state index contributed by atoms with van der Waals surface area (Å²) in [5.74, 6) is -0.131. The third-order valence-electron chi connectivity index (χ3n) is 5.67. The lowest BCUT2D eigenvalue weighted by atomic mass is 9.53. The zero-order valence-corrected chi connectivity index (χ0v) is 13.1. The molecule has 2 aliphatic carbocycles. The minimum absolute atomic E-state index is 0.139. The van der Waals surface area contributed by atoms with Crippen LogP contribution in [0.2, 0.25) is 0 Å². The van der Waals surface area contributed by atoms with E-state index in [1.807, 2.05) is 6.92 Å². The zero-order valence-electron chi connectivity index (χ0n) is 13.1. The summed E-state index contributed by atoms with van der Waals surface area (Å²) in [7, 11) is 1.40. The second-order valence-electron chi connectivity index (χ2n) is 7.29. The molecule has 4 nitrogen and oxygen atoms in total. The molecular weight excluding hydrogens is 256 g/mol. The SMILES string of the molecule is COC(=O)[C@@H]1CC[C@H]2[C@](O)(C1)[C@@H](C(C)C)CC[C@]2(C)O. The van der Waals surface area contributed by atoms with Gasteiger partial charge < -0.3 is 14.9 Å². The van der Waals surface area contributed by atoms with Crippen molar-refractivity contribution in [3.63, 3.8) is 0 Å². The van der Waals surface area contributed by atoms with Gasteiger partial charge in [0, 0.05) is 5.92 Å². The highest BCUT2D eigenvalue weighted by Crippen LogP contribution is 2.54. The Hall–Kier alpha value is -0.610. The minimum atomic E-state index is -0.951. The predicted octanol–water partition coefficient (Wildman–Crippen LogP) is 2.12. The van der Waals surface area contributed by atoms with Crippen molar-refractivity contribution in [2.45, 2.75) is 64.1 Å². The van der Waals surface area contributed by atoms with Crippen molar-refractivity contribution in [1.29, 1.82) is 0 Å². The topological polar surface area (TPSA) is 66.8 Å². The Bertz CT molecular complexity index is 377. The van der Waals surface area contributed by atoms with Crippen LogP contribution in [0, 0.1) is 23.7 Å². The summed E-state index contributed by atoms with van der Waals surface area (Å²) >= 11 is 0. The Morgan fingerprint density at radius 1 is 1.25 bits per heavy atom. The minimum Gasteiger partial charge on any atom is -0.469 e. The lowest BCUT2D eigenvalue weighted by Crippen LogP contribution is -2.62. The zero-order chi connectivity index (χ0) is 15.1. The van der Waals surface area contributed by atoms with Gasteiger partial charge in [0.25, 0.3) is 0 Å². The lowest BCUT2D eigenvalue weighted by Gasteiger charge is -2.57. The number of carbonyl (C=O) groups is 1. The first kappa shape index (κ1) is 15.8. The highest BCUT2D eigenvalue weighted by atomic mass is 16.5. The summed E-state index contributed by atoms with van der Waals surface area (Å²) in [6.07, 6.45) is 3.34. The first-order valence-electron chi connectivity index (χ1n) is 7.75. The van der Waals surface area contributed by atoms with Crippen molar-refractivity contribution < 1.29 is 19.7 Å². The molecule has 2 fully saturated rings. The highest BCUT2D eigenvalue weighted by Gasteiger charge is 2.58. The normalized spacial score (nSPS) is 45.0. The molecule has 0 radical (unpaired) electrons. The Morgan fingerprint density at radius 3 is 2.45 bits per heavy atom. The van der Waals surface area contributed by atoms with Crippen molar-refractivity contribution in [2.75, 3.05) is 7.11 Å². The molecule has 0 aromatic rings. The molecule has 2 aliphatic rings. The van der Waals surface area contributed by atoms with Gasteiger partial charge in [0.1, 0.15) is 0 Å². The van der Waals surface area contributed by atoms with E-state index in [-0.39, 0.29) is 23.7 Å². The maximum Gasteiger partial charge on any atom is 0.308 e. The van der Waals surface area contributed by atoms with Crippen LogP contribution < -0.4 is 0 Å². The van der Waals surface area contributed by atoms with E-state index >= 15 is 0 Å². The monoisotopic (exact) mass is 284 g/mol. The predicted molar refractivity (Wildman–Crippen MR) is 76.0 cm³/mol. The fraction of sp³-hybridized carbons (Fsp3) is 0.938. The molecule has 2 N–H and O–H groups in total. The summed E-state index contributed by atoms with van der Waals surface area (Å²) in [6.45, 7) is 6.06. The van der Waals surface area contributed by atoms with E-state index in [9.17, 15) is 15.0 Å². The molecule has 0 aromatic carbocycles. The van der Waals surface area contributed by atoms with Crippen LogP contribution in [0.15, 0.2) is 0 Å². The summed E-state index contributed by atoms with van der Waals surface area (Å²) in [5, 5.41) is 21.9. The van der Waals surface area contributed by atoms with Gasteiger partial charge in [-0.05, 0) is 50.9 Å². The van der Waals surface area contributed by atoms with Gasteiger partial charge >= 0.3 is 5.97 Å². The molecule has 0 aromatic heterocycles. The van der Waals surface area contributed by atoms with Crippen LogP contribution in [-0.4, -0.2) is 34.5 Å². The van der Waals surface area contributed by atoms with Crippen LogP contribution in [-0.2, 0) is 9.53 Å². The maximum absolute atomic E-state index is 11.8. The average molecular weight is 284 g/mol. The number of hydrogen-bond acceptors (Lipinski definition) is 4. The second kappa shape index (κ2) is 5.30. The average Bonchev–Trinajstić information content (AvgIpc) is 2.35. The third-order valence-corrected chi connectivity index (χ3v) is 5.67. The van der Waals surface area contributed by atoms with Crippen molar-refractivity contribution >= 4 is 5.97 Å². The van der Waals surface area contributed by atoms with E-state index in [1.165, 1.54) is 7.11 Å². The van der Waals surface area contributed by atoms with E-state index in [4.69, 9.17) is 4.74 Å². The molecule has 2 saturated carbocycles. The summed E-state index contributed by atoms with van der Waals surface area (Å²) in [6, 6.07) is 0. The van der Waals surface area contributed by atoms with E-state index in [0.29, 0.717) is 25.2 Å². The second-order valence-corrected chi connectivity index (χ2v) is 7.29. The highest BCUT2D eigenvalue weighted by molar-refractivity contribution is 5.72. The molecule has 0 saturated heterocycles. The third kappa shape index (κ3) is 2.48. The lowest BCUT2D eigenvalue weighted by molar-refractivity contribution is -0.216. The Balaban J connectivity index is 2.30. The van der Waals surface area contributed by atoms with Crippen LogP contribution >= 0.6 is 0 Å². The number of carbonyl (C=O) groups excluding carboxylic acids is 1. The van der Waals surface area contributed by atoms with Crippen molar-refractivity contribution in [3.05, 3.63) is 0 Å². The largest absolute Gasteiger partial charge is 0.469 e. The standard InChI is InChI=1S/C16H28O4/c1-10(2)12-7-8-15(3,18)13-6-5-11(14(17)20-4)9-16(12,13)19/h10-13,18-19H,5-9H2,1-4H3/t11-,12-,13-,15+,16+/m1/s1. The van der Waals surface area contributed by atoms with Crippen molar-refractivity contribution in [2.24, 2.45) is 23.7 Å². The van der Waals surface area contributed by atoms with Crippen LogP contribution in [0.4, 0.5) is 0 Å². The molecule has 2 rings (SSSR count). The van der Waals surface area contributed by atoms with Crippen LogP contribution in [0.5, 0.6) is 0 Å². The molecule has 20 heavy (non-hydrogen) atoms. The number of methoxy groups -OCH3 is 1. The molecule has 0 heterocycles. The number of rotatable bonds is 2. The fourth-order valence-corrected chi connectivity index (χ4v) is 4.67. The number of hydrogen-bond donors (Lipinski definition) is 2. The van der Waals surface area contributed by atoms with Gasteiger partial charge in [-0.1, -0.05) is 13.8 Å². The number of fused-ring (bicyclic) bond motifs is 1. The molecule has 116 valence electrons. The van der Waals surface area contributed by atoms with E-state index in [1.54, 1.807) is 0 Å². The molecule has 0 unspecified atom stereocenters. The quantitative estimate of drug-likeness (QED) is 0.762. The number of esters is 1. The van der Waals surface area contributed by atoms with Crippen LogP contribution in [0.3, 0.4) is 0 Å². The van der Waals surface area contributed by atoms with Crippen LogP contribution in [0.25, 0.3) is 0 Å².